The third-order valence-corrected chi connectivity index (χ3v) is 4.88. The van der Waals surface area contributed by atoms with Gasteiger partial charge in [0.15, 0.2) is 5.96 Å². The van der Waals surface area contributed by atoms with Crippen molar-refractivity contribution in [1.82, 2.24) is 30.4 Å². The summed E-state index contributed by atoms with van der Waals surface area (Å²) in [6, 6.07) is 14.7. The van der Waals surface area contributed by atoms with Gasteiger partial charge in [-0.15, -0.1) is 0 Å². The summed E-state index contributed by atoms with van der Waals surface area (Å²) >= 11 is 0. The van der Waals surface area contributed by atoms with Crippen LogP contribution in [0.3, 0.4) is 0 Å². The second-order valence-electron chi connectivity index (χ2n) is 6.98. The molecule has 2 aromatic heterocycles. The number of benzene rings is 1. The van der Waals surface area contributed by atoms with Crippen LogP contribution in [0.25, 0.3) is 11.3 Å². The van der Waals surface area contributed by atoms with Crippen LogP contribution in [0, 0.1) is 6.92 Å². The number of aromatic nitrogens is 4. The number of fused-ring (bicyclic) bond motifs is 1. The molecule has 2 N–H and O–H groups in total. The van der Waals surface area contributed by atoms with Gasteiger partial charge in [-0.25, -0.2) is 9.67 Å². The van der Waals surface area contributed by atoms with E-state index in [9.17, 15) is 0 Å². The molecule has 1 aromatic carbocycles. The Morgan fingerprint density at radius 3 is 3.00 bits per heavy atom. The summed E-state index contributed by atoms with van der Waals surface area (Å²) in [5.74, 6) is 2.71. The highest BCUT2D eigenvalue weighted by molar-refractivity contribution is 5.80. The smallest absolute Gasteiger partial charge is 0.191 e. The Bertz CT molecular complexity index is 962. The van der Waals surface area contributed by atoms with Gasteiger partial charge in [0.2, 0.25) is 0 Å². The van der Waals surface area contributed by atoms with Gasteiger partial charge < -0.3 is 10.6 Å². The highest BCUT2D eigenvalue weighted by Gasteiger charge is 2.21. The zero-order valence-corrected chi connectivity index (χ0v) is 16.3. The fourth-order valence-corrected chi connectivity index (χ4v) is 3.50. The van der Waals surface area contributed by atoms with Gasteiger partial charge in [0.1, 0.15) is 11.6 Å². The van der Waals surface area contributed by atoms with E-state index in [1.807, 2.05) is 36.0 Å². The third-order valence-electron chi connectivity index (χ3n) is 4.88. The minimum absolute atomic E-state index is 0.291. The summed E-state index contributed by atoms with van der Waals surface area (Å²) in [5, 5.41) is 11.4. The molecule has 3 heterocycles. The predicted octanol–water partition coefficient (Wildman–Crippen LogP) is 2.33. The number of hydrogen-bond donors (Lipinski definition) is 2. The van der Waals surface area contributed by atoms with Crippen LogP contribution in [0.2, 0.25) is 0 Å². The summed E-state index contributed by atoms with van der Waals surface area (Å²) in [6.45, 7) is 3.44. The standard InChI is InChI=1S/C21H25N7/c1-15-25-20-10-9-18(14-28(20)27-15)26-21(22-2)24-13-16-6-5-7-17(12-16)19-8-3-4-11-23-19/h3-8,11-12,18H,9-10,13-14H2,1-2H3,(H2,22,24,26). The van der Waals surface area contributed by atoms with Gasteiger partial charge in [-0.05, 0) is 37.1 Å². The molecule has 0 amide bonds. The molecule has 144 valence electrons. The number of hydrogen-bond acceptors (Lipinski definition) is 4. The first-order valence-electron chi connectivity index (χ1n) is 9.59. The second kappa shape index (κ2) is 8.21. The first-order chi connectivity index (χ1) is 13.7. The molecule has 28 heavy (non-hydrogen) atoms. The number of nitrogens with one attached hydrogen (secondary N) is 2. The quantitative estimate of drug-likeness (QED) is 0.540. The van der Waals surface area contributed by atoms with E-state index in [0.29, 0.717) is 12.6 Å². The number of aryl methyl sites for hydroxylation is 2. The van der Waals surface area contributed by atoms with Crippen LogP contribution in [0.5, 0.6) is 0 Å². The van der Waals surface area contributed by atoms with E-state index in [2.05, 4.69) is 55.0 Å². The molecular weight excluding hydrogens is 350 g/mol. The van der Waals surface area contributed by atoms with Crippen molar-refractivity contribution >= 4 is 5.96 Å². The van der Waals surface area contributed by atoms with Crippen LogP contribution >= 0.6 is 0 Å². The second-order valence-corrected chi connectivity index (χ2v) is 6.98. The van der Waals surface area contributed by atoms with Gasteiger partial charge in [-0.2, -0.15) is 5.10 Å². The maximum absolute atomic E-state index is 4.47. The van der Waals surface area contributed by atoms with Crippen LogP contribution < -0.4 is 10.6 Å². The minimum Gasteiger partial charge on any atom is -0.352 e. The third kappa shape index (κ3) is 4.19. The maximum atomic E-state index is 4.47. The minimum atomic E-state index is 0.291. The van der Waals surface area contributed by atoms with E-state index in [4.69, 9.17) is 0 Å². The van der Waals surface area contributed by atoms with E-state index in [0.717, 1.165) is 48.3 Å². The van der Waals surface area contributed by atoms with Crippen molar-refractivity contribution in [3.8, 4) is 11.3 Å². The molecule has 0 bridgehead atoms. The average molecular weight is 375 g/mol. The molecule has 1 atom stereocenters. The fourth-order valence-electron chi connectivity index (χ4n) is 3.50. The van der Waals surface area contributed by atoms with Gasteiger partial charge in [-0.3, -0.25) is 9.98 Å². The lowest BCUT2D eigenvalue weighted by Gasteiger charge is -2.25. The molecule has 3 aromatic rings. The molecule has 0 fully saturated rings. The Morgan fingerprint density at radius 1 is 1.25 bits per heavy atom. The first kappa shape index (κ1) is 18.2. The lowest BCUT2D eigenvalue weighted by molar-refractivity contribution is 0.392. The maximum Gasteiger partial charge on any atom is 0.191 e. The van der Waals surface area contributed by atoms with Crippen molar-refractivity contribution in [3.05, 3.63) is 65.9 Å². The van der Waals surface area contributed by atoms with Gasteiger partial charge in [0, 0.05) is 37.8 Å². The molecule has 1 aliphatic rings. The number of nitrogens with zero attached hydrogens (tertiary/aromatic N) is 5. The van der Waals surface area contributed by atoms with Crippen LogP contribution in [0.4, 0.5) is 0 Å². The van der Waals surface area contributed by atoms with Crippen molar-refractivity contribution in [3.63, 3.8) is 0 Å². The Morgan fingerprint density at radius 2 is 2.18 bits per heavy atom. The van der Waals surface area contributed by atoms with E-state index >= 15 is 0 Å². The number of guanidine groups is 1. The van der Waals surface area contributed by atoms with E-state index in [-0.39, 0.29) is 0 Å². The molecule has 4 rings (SSSR count). The lowest BCUT2D eigenvalue weighted by atomic mass is 10.1. The van der Waals surface area contributed by atoms with E-state index in [1.165, 1.54) is 5.56 Å². The molecule has 7 nitrogen and oxygen atoms in total. The lowest BCUT2D eigenvalue weighted by Crippen LogP contribution is -2.46. The van der Waals surface area contributed by atoms with Crippen molar-refractivity contribution < 1.29 is 0 Å². The van der Waals surface area contributed by atoms with Crippen molar-refractivity contribution in [2.75, 3.05) is 7.05 Å². The molecule has 1 aliphatic heterocycles. The van der Waals surface area contributed by atoms with Crippen molar-refractivity contribution in [2.24, 2.45) is 4.99 Å². The fraction of sp³-hybridized carbons (Fsp3) is 0.333. The van der Waals surface area contributed by atoms with Crippen molar-refractivity contribution in [2.45, 2.75) is 38.9 Å². The zero-order chi connectivity index (χ0) is 19.3. The summed E-state index contributed by atoms with van der Waals surface area (Å²) in [5.41, 5.74) is 3.28. The molecule has 1 unspecified atom stereocenters. The van der Waals surface area contributed by atoms with Crippen LogP contribution in [0.1, 0.15) is 23.6 Å². The summed E-state index contributed by atoms with van der Waals surface area (Å²) < 4.78 is 2.00. The summed E-state index contributed by atoms with van der Waals surface area (Å²) in [6.07, 6.45) is 3.77. The van der Waals surface area contributed by atoms with Gasteiger partial charge in [0.25, 0.3) is 0 Å². The van der Waals surface area contributed by atoms with Crippen molar-refractivity contribution in [1.29, 1.82) is 0 Å². The number of pyridine rings is 1. The topological polar surface area (TPSA) is 80.0 Å². The Labute approximate surface area is 165 Å². The molecule has 0 saturated carbocycles. The Balaban J connectivity index is 1.36. The van der Waals surface area contributed by atoms with Crippen LogP contribution in [0.15, 0.2) is 53.7 Å². The summed E-state index contributed by atoms with van der Waals surface area (Å²) in [7, 11) is 1.80. The highest BCUT2D eigenvalue weighted by atomic mass is 15.4. The zero-order valence-electron chi connectivity index (χ0n) is 16.3. The molecule has 0 spiro atoms. The first-order valence-corrected chi connectivity index (χ1v) is 9.59. The Hall–Kier alpha value is -3.22. The molecule has 0 saturated heterocycles. The van der Waals surface area contributed by atoms with E-state index < -0.39 is 0 Å². The molecule has 0 radical (unpaired) electrons. The SMILES string of the molecule is CN=C(NCc1cccc(-c2ccccn2)c1)NC1CCc2nc(C)nn2C1. The predicted molar refractivity (Wildman–Crippen MR) is 110 cm³/mol. The highest BCUT2D eigenvalue weighted by Crippen LogP contribution is 2.17. The van der Waals surface area contributed by atoms with E-state index in [1.54, 1.807) is 7.05 Å². The number of aliphatic imine (C=N–C) groups is 1. The largest absolute Gasteiger partial charge is 0.352 e. The summed E-state index contributed by atoms with van der Waals surface area (Å²) in [4.78, 5) is 13.3. The normalized spacial score (nSPS) is 16.5. The van der Waals surface area contributed by atoms with Crippen LogP contribution in [-0.2, 0) is 19.5 Å². The molecular formula is C21H25N7. The monoisotopic (exact) mass is 375 g/mol. The Kier molecular flexibility index (Phi) is 5.32. The van der Waals surface area contributed by atoms with Crippen LogP contribution in [-0.4, -0.2) is 38.8 Å². The van der Waals surface area contributed by atoms with Gasteiger partial charge >= 0.3 is 0 Å². The number of rotatable bonds is 4. The average Bonchev–Trinajstić information content (AvgIpc) is 3.11. The molecule has 0 aliphatic carbocycles. The molecule has 7 heteroatoms. The van der Waals surface area contributed by atoms with Gasteiger partial charge in [0.05, 0.1) is 12.2 Å². The van der Waals surface area contributed by atoms with Gasteiger partial charge in [-0.1, -0.05) is 24.3 Å².